The first-order chi connectivity index (χ1) is 28.7. The van der Waals surface area contributed by atoms with Crippen molar-refractivity contribution in [2.45, 2.75) is 64.2 Å². The lowest BCUT2D eigenvalue weighted by Gasteiger charge is -2.32. The van der Waals surface area contributed by atoms with E-state index in [4.69, 9.17) is 14.9 Å². The summed E-state index contributed by atoms with van der Waals surface area (Å²) in [5.41, 5.74) is 1.96. The Balaban J connectivity index is 1.20. The molecule has 2 aliphatic heterocycles. The molecule has 1 atom stereocenters. The van der Waals surface area contributed by atoms with E-state index in [-0.39, 0.29) is 81.6 Å². The normalized spacial score (nSPS) is 19.1. The fourth-order valence-corrected chi connectivity index (χ4v) is 7.78. The first-order valence-corrected chi connectivity index (χ1v) is 21.7. The van der Waals surface area contributed by atoms with Gasteiger partial charge in [0.2, 0.25) is 0 Å². The highest BCUT2D eigenvalue weighted by atomic mass is 32.2. The van der Waals surface area contributed by atoms with E-state index in [1.54, 1.807) is 53.5 Å². The molecule has 22 heteroatoms. The molecule has 60 heavy (non-hydrogen) atoms. The highest BCUT2D eigenvalue weighted by Crippen LogP contribution is 2.42. The van der Waals surface area contributed by atoms with Crippen molar-refractivity contribution in [3.8, 4) is 0 Å². The van der Waals surface area contributed by atoms with Gasteiger partial charge in [0.15, 0.2) is 11.5 Å². The number of ketones is 1. The first-order valence-electron chi connectivity index (χ1n) is 19.2. The van der Waals surface area contributed by atoms with E-state index < -0.39 is 63.3 Å². The lowest BCUT2D eigenvalue weighted by atomic mass is 9.71. The number of carbonyl (C=O) groups excluding carboxylic acids is 7. The number of Topliss-reactive ketones (excluding diaryl/α,β-unsaturated/α-hetero) is 1. The van der Waals surface area contributed by atoms with Crippen molar-refractivity contribution in [3.63, 3.8) is 0 Å². The molecular weight excluding hydrogens is 833 g/mol. The van der Waals surface area contributed by atoms with E-state index in [1.807, 2.05) is 4.58 Å². The Hall–Kier alpha value is -5.26. The van der Waals surface area contributed by atoms with Crippen LogP contribution < -0.4 is 4.90 Å². The van der Waals surface area contributed by atoms with Gasteiger partial charge in [0.1, 0.15) is 18.8 Å². The van der Waals surface area contributed by atoms with Gasteiger partial charge in [-0.15, -0.1) is 14.5 Å². The van der Waals surface area contributed by atoms with Crippen molar-refractivity contribution in [1.82, 2.24) is 10.1 Å². The zero-order valence-corrected chi connectivity index (χ0v) is 34.0. The number of amides is 4. The van der Waals surface area contributed by atoms with Crippen LogP contribution in [0, 0.1) is 11.8 Å². The van der Waals surface area contributed by atoms with E-state index in [1.165, 1.54) is 0 Å². The molecule has 4 amide bonds. The van der Waals surface area contributed by atoms with Gasteiger partial charge in [0.05, 0.1) is 23.7 Å². The van der Waals surface area contributed by atoms with Crippen molar-refractivity contribution in [1.29, 1.82) is 0 Å². The third-order valence-corrected chi connectivity index (χ3v) is 11.3. The number of aliphatic hydroxyl groups is 1. The van der Waals surface area contributed by atoms with Gasteiger partial charge in [0.25, 0.3) is 33.7 Å². The molecule has 20 nitrogen and oxygen atoms in total. The van der Waals surface area contributed by atoms with Crippen molar-refractivity contribution in [3.05, 3.63) is 59.9 Å². The van der Waals surface area contributed by atoms with Gasteiger partial charge in [-0.1, -0.05) is 29.3 Å². The minimum absolute atomic E-state index is 0.0116. The first kappa shape index (κ1) is 45.8. The number of aliphatic hydroxyl groups excluding tert-OH is 1. The number of imide groups is 2. The molecule has 1 unspecified atom stereocenters. The van der Waals surface area contributed by atoms with Crippen LogP contribution in [0.25, 0.3) is 5.57 Å². The summed E-state index contributed by atoms with van der Waals surface area (Å²) in [7, 11) is -4.23. The van der Waals surface area contributed by atoms with Gasteiger partial charge in [0, 0.05) is 99.6 Å². The van der Waals surface area contributed by atoms with Crippen LogP contribution >= 0.6 is 12.0 Å². The summed E-state index contributed by atoms with van der Waals surface area (Å²) < 4.78 is 38.4. The Morgan fingerprint density at radius 1 is 0.800 bits per heavy atom. The zero-order chi connectivity index (χ0) is 43.4. The van der Waals surface area contributed by atoms with E-state index in [9.17, 15) is 51.6 Å². The van der Waals surface area contributed by atoms with E-state index in [0.717, 1.165) is 17.8 Å². The van der Waals surface area contributed by atoms with Gasteiger partial charge in [-0.2, -0.15) is 8.42 Å². The van der Waals surface area contributed by atoms with E-state index in [0.29, 0.717) is 53.1 Å². The van der Waals surface area contributed by atoms with Crippen LogP contribution in [0.3, 0.4) is 0 Å². The van der Waals surface area contributed by atoms with Crippen LogP contribution in [-0.4, -0.2) is 123 Å². The Morgan fingerprint density at radius 2 is 1.33 bits per heavy atom. The number of benzene rings is 1. The summed E-state index contributed by atoms with van der Waals surface area (Å²) in [5, 5.41) is 24.1. The molecule has 2 heterocycles. The van der Waals surface area contributed by atoms with Crippen molar-refractivity contribution >= 4 is 80.5 Å². The second-order valence-electron chi connectivity index (χ2n) is 14.1. The second-order valence-corrected chi connectivity index (χ2v) is 16.5. The third-order valence-electron chi connectivity index (χ3n) is 9.91. The molecular formula is C38H45N4O16S2+. The zero-order valence-electron chi connectivity index (χ0n) is 32.3. The highest BCUT2D eigenvalue weighted by Gasteiger charge is 2.44. The summed E-state index contributed by atoms with van der Waals surface area (Å²) in [4.78, 5) is 96.9. The Bertz CT molecular complexity index is 2030. The molecule has 5 rings (SSSR count). The molecule has 1 aromatic rings. The SMILES string of the molecule is O=C(CCCN(CCCS(=O)(=O)O)c1ccc(C2=C(O)C(C3C=CC(=[N+](CCCSOOO)CCCC(=O)ON4C(=O)CCC4=O)C=C3)C2=O)cc1)ON1C(=O)CCC1=O. The van der Waals surface area contributed by atoms with Crippen molar-refractivity contribution in [2.24, 2.45) is 11.8 Å². The van der Waals surface area contributed by atoms with Crippen LogP contribution in [0.1, 0.15) is 69.8 Å². The lowest BCUT2D eigenvalue weighted by molar-refractivity contribution is -0.526. The topological polar surface area (TPSA) is 264 Å². The summed E-state index contributed by atoms with van der Waals surface area (Å²) in [6.07, 6.45) is 8.04. The largest absolute Gasteiger partial charge is 0.511 e. The monoisotopic (exact) mass is 877 g/mol. The van der Waals surface area contributed by atoms with Gasteiger partial charge in [-0.3, -0.25) is 28.5 Å². The molecule has 2 saturated heterocycles. The van der Waals surface area contributed by atoms with Crippen LogP contribution in [0.15, 0.2) is 54.3 Å². The fraction of sp³-hybridized carbons (Fsp3) is 0.474. The molecule has 2 fully saturated rings. The number of hydroxylamine groups is 4. The summed E-state index contributed by atoms with van der Waals surface area (Å²) in [6, 6.07) is 6.61. The predicted octanol–water partition coefficient (Wildman–Crippen LogP) is 2.67. The number of hydrogen-bond donors (Lipinski definition) is 3. The maximum Gasteiger partial charge on any atom is 0.333 e. The average molecular weight is 878 g/mol. The molecule has 2 aliphatic carbocycles. The summed E-state index contributed by atoms with van der Waals surface area (Å²) in [6.45, 7) is 1.28. The molecule has 0 aromatic heterocycles. The minimum Gasteiger partial charge on any atom is -0.511 e. The Kier molecular flexibility index (Phi) is 16.3. The van der Waals surface area contributed by atoms with Gasteiger partial charge in [-0.25, -0.2) is 19.4 Å². The Morgan fingerprint density at radius 3 is 1.87 bits per heavy atom. The van der Waals surface area contributed by atoms with E-state index in [2.05, 4.69) is 9.37 Å². The maximum atomic E-state index is 13.5. The molecule has 0 saturated carbocycles. The third kappa shape index (κ3) is 12.4. The number of carbonyl (C=O) groups is 7. The minimum atomic E-state index is -4.23. The molecule has 4 aliphatic rings. The molecule has 324 valence electrons. The van der Waals surface area contributed by atoms with Gasteiger partial charge in [-0.05, 0) is 30.5 Å². The Labute approximate surface area is 348 Å². The maximum absolute atomic E-state index is 13.5. The molecule has 0 bridgehead atoms. The molecule has 0 radical (unpaired) electrons. The number of nitrogens with zero attached hydrogens (tertiary/aromatic N) is 4. The second kappa shape index (κ2) is 21.3. The van der Waals surface area contributed by atoms with Crippen molar-refractivity contribution in [2.75, 3.05) is 42.6 Å². The average Bonchev–Trinajstić information content (AvgIpc) is 3.70. The van der Waals surface area contributed by atoms with Gasteiger partial charge >= 0.3 is 11.9 Å². The van der Waals surface area contributed by atoms with Crippen LogP contribution in [0.5, 0.6) is 0 Å². The van der Waals surface area contributed by atoms with Crippen LogP contribution in [-0.2, 0) is 62.7 Å². The quantitative estimate of drug-likeness (QED) is 0.0271. The van der Waals surface area contributed by atoms with Crippen LogP contribution in [0.4, 0.5) is 5.69 Å². The standard InChI is InChI=1S/C38H44N4O16S2/c43-29-15-16-30(44)41(29)55-33(47)5-1-19-39(21-3-23-59-58-57-51)27-11-7-25(8-12-27)35-37(49)36(38(35)50)26-9-13-28(14-10-26)40(22-4-24-60(52,53)54)20-2-6-34(48)56-42-31(45)17-18-32(42)46/h7-14,25,35H,1-6,15-24H2,(H2-,49,50,51,52,53,54)/p+1. The number of anilines is 1. The summed E-state index contributed by atoms with van der Waals surface area (Å²) in [5.74, 6) is -5.57. The van der Waals surface area contributed by atoms with Crippen molar-refractivity contribution < 1.29 is 80.5 Å². The molecule has 1 aromatic carbocycles. The van der Waals surface area contributed by atoms with Crippen LogP contribution in [0.2, 0.25) is 0 Å². The summed E-state index contributed by atoms with van der Waals surface area (Å²) >= 11 is 0.894. The number of allylic oxidation sites excluding steroid dienone is 6. The fourth-order valence-electron chi connectivity index (χ4n) is 6.93. The van der Waals surface area contributed by atoms with Gasteiger partial charge < -0.3 is 19.7 Å². The molecule has 3 N–H and O–H groups in total. The smallest absolute Gasteiger partial charge is 0.333 e. The highest BCUT2D eigenvalue weighted by molar-refractivity contribution is 7.94. The predicted molar refractivity (Wildman–Crippen MR) is 209 cm³/mol. The molecule has 0 spiro atoms. The number of rotatable bonds is 23. The number of hydrogen-bond acceptors (Lipinski definition) is 17. The lowest BCUT2D eigenvalue weighted by Crippen LogP contribution is -2.36. The van der Waals surface area contributed by atoms with E-state index >= 15 is 0 Å².